The maximum Gasteiger partial charge on any atom is 0.0710 e. The summed E-state index contributed by atoms with van der Waals surface area (Å²) in [5.74, 6) is 0. The second-order valence-corrected chi connectivity index (χ2v) is 16.9. The third kappa shape index (κ3) is 4.81. The molecule has 3 aliphatic carbocycles. The first-order chi connectivity index (χ1) is 26.4. The van der Waals surface area contributed by atoms with Crippen LogP contribution in [0.5, 0.6) is 0 Å². The molecule has 1 heterocycles. The van der Waals surface area contributed by atoms with Crippen molar-refractivity contribution in [3.8, 4) is 22.3 Å². The molecule has 10 rings (SSSR count). The first-order valence-corrected chi connectivity index (χ1v) is 20.3. The van der Waals surface area contributed by atoms with Gasteiger partial charge < -0.3 is 0 Å². The summed E-state index contributed by atoms with van der Waals surface area (Å²) in [4.78, 5) is 0. The summed E-state index contributed by atoms with van der Waals surface area (Å²) in [6.07, 6.45) is 15.3. The van der Waals surface area contributed by atoms with Crippen molar-refractivity contribution in [1.29, 1.82) is 0 Å². The van der Waals surface area contributed by atoms with Crippen LogP contribution in [0.25, 0.3) is 48.0 Å². The summed E-state index contributed by atoms with van der Waals surface area (Å²) < 4.78 is 2.77. The molecule has 3 aliphatic rings. The number of allylic oxidation sites excluding steroid dienone is 8. The molecule has 0 saturated heterocycles. The molecular formula is C53H44S. The van der Waals surface area contributed by atoms with E-state index in [1.165, 1.54) is 98.1 Å². The second kappa shape index (κ2) is 12.5. The highest BCUT2D eigenvalue weighted by molar-refractivity contribution is 7.26. The maximum absolute atomic E-state index is 2.57. The van der Waals surface area contributed by atoms with Crippen molar-refractivity contribution in [2.24, 2.45) is 0 Å². The summed E-state index contributed by atoms with van der Waals surface area (Å²) in [5, 5.41) is 2.72. The molecule has 0 fully saturated rings. The lowest BCUT2D eigenvalue weighted by atomic mass is 9.63. The summed E-state index contributed by atoms with van der Waals surface area (Å²) in [5.41, 5.74) is 18.6. The van der Waals surface area contributed by atoms with Gasteiger partial charge in [0.2, 0.25) is 0 Å². The lowest BCUT2D eigenvalue weighted by Crippen LogP contribution is -2.31. The van der Waals surface area contributed by atoms with Gasteiger partial charge in [0, 0.05) is 25.6 Å². The second-order valence-electron chi connectivity index (χ2n) is 15.8. The van der Waals surface area contributed by atoms with Crippen LogP contribution < -0.4 is 0 Å². The molecule has 2 atom stereocenters. The highest BCUT2D eigenvalue weighted by Gasteiger charge is 2.48. The van der Waals surface area contributed by atoms with Gasteiger partial charge in [-0.3, -0.25) is 0 Å². The van der Waals surface area contributed by atoms with Crippen molar-refractivity contribution in [1.82, 2.24) is 0 Å². The predicted molar refractivity (Wildman–Crippen MR) is 233 cm³/mol. The van der Waals surface area contributed by atoms with Gasteiger partial charge in [-0.25, -0.2) is 0 Å². The van der Waals surface area contributed by atoms with E-state index in [0.29, 0.717) is 0 Å². The van der Waals surface area contributed by atoms with Crippen LogP contribution in [0.15, 0.2) is 169 Å². The predicted octanol–water partition coefficient (Wildman–Crippen LogP) is 14.6. The van der Waals surface area contributed by atoms with Crippen LogP contribution in [0.3, 0.4) is 0 Å². The average molecular weight is 713 g/mol. The Morgan fingerprint density at radius 1 is 0.611 bits per heavy atom. The zero-order chi connectivity index (χ0) is 36.6. The third-order valence-electron chi connectivity index (χ3n) is 12.8. The van der Waals surface area contributed by atoms with Crippen LogP contribution in [0.4, 0.5) is 0 Å². The van der Waals surface area contributed by atoms with Crippen molar-refractivity contribution >= 4 is 37.1 Å². The minimum absolute atomic E-state index is 0.118. The van der Waals surface area contributed by atoms with Gasteiger partial charge in [-0.2, -0.15) is 0 Å². The zero-order valence-corrected chi connectivity index (χ0v) is 32.4. The Morgan fingerprint density at radius 2 is 1.31 bits per heavy atom. The number of rotatable bonds is 5. The molecule has 262 valence electrons. The van der Waals surface area contributed by atoms with Crippen molar-refractivity contribution in [2.75, 3.05) is 0 Å². The minimum atomic E-state index is -0.425. The highest BCUT2D eigenvalue weighted by atomic mass is 32.1. The number of fused-ring (bicyclic) bond motifs is 6. The van der Waals surface area contributed by atoms with Crippen molar-refractivity contribution in [2.45, 2.75) is 57.8 Å². The molecule has 0 nitrogen and oxygen atoms in total. The van der Waals surface area contributed by atoms with E-state index >= 15 is 0 Å². The molecule has 2 unspecified atom stereocenters. The van der Waals surface area contributed by atoms with Gasteiger partial charge in [-0.15, -0.1) is 11.3 Å². The number of hydrogen-bond acceptors (Lipinski definition) is 1. The first-order valence-electron chi connectivity index (χ1n) is 19.5. The lowest BCUT2D eigenvalue weighted by molar-refractivity contribution is 0.591. The summed E-state index contributed by atoms with van der Waals surface area (Å²) >= 11 is 1.93. The van der Waals surface area contributed by atoms with Crippen LogP contribution in [-0.4, -0.2) is 0 Å². The summed E-state index contributed by atoms with van der Waals surface area (Å²) in [6, 6.07) is 48.3. The van der Waals surface area contributed by atoms with E-state index in [9.17, 15) is 0 Å². The van der Waals surface area contributed by atoms with Gasteiger partial charge in [0.05, 0.1) is 5.41 Å². The molecule has 1 heteroatoms. The topological polar surface area (TPSA) is 0 Å². The molecule has 0 radical (unpaired) electrons. The molecule has 54 heavy (non-hydrogen) atoms. The third-order valence-corrected chi connectivity index (χ3v) is 14.0. The van der Waals surface area contributed by atoms with E-state index < -0.39 is 5.41 Å². The fourth-order valence-electron chi connectivity index (χ4n) is 10.0. The van der Waals surface area contributed by atoms with E-state index in [4.69, 9.17) is 0 Å². The smallest absolute Gasteiger partial charge is 0.0710 e. The van der Waals surface area contributed by atoms with Crippen LogP contribution in [0.1, 0.15) is 72.1 Å². The lowest BCUT2D eigenvalue weighted by Gasteiger charge is -2.38. The maximum atomic E-state index is 2.57. The van der Waals surface area contributed by atoms with E-state index in [1.807, 2.05) is 11.3 Å². The highest BCUT2D eigenvalue weighted by Crippen LogP contribution is 2.59. The largest absolute Gasteiger partial charge is 0.135 e. The SMILES string of the molecule is CC1=C(c2cccc(-c3ccc(C4(C5=CCC(C)(c6cccc7c6sc6ccccc67)C=C5)c5ccccc5-c5c(C)cccc54)cc3)c2C)CCC=C1. The minimum Gasteiger partial charge on any atom is -0.135 e. The van der Waals surface area contributed by atoms with Crippen LogP contribution in [0, 0.1) is 13.8 Å². The van der Waals surface area contributed by atoms with Gasteiger partial charge in [0.1, 0.15) is 0 Å². The fourth-order valence-corrected chi connectivity index (χ4v) is 11.4. The molecule has 1 aromatic heterocycles. The Bertz CT molecular complexity index is 2780. The number of aryl methyl sites for hydroxylation is 1. The number of hydrogen-bond donors (Lipinski definition) is 0. The molecule has 0 saturated carbocycles. The van der Waals surface area contributed by atoms with Crippen molar-refractivity contribution < 1.29 is 0 Å². The van der Waals surface area contributed by atoms with E-state index in [2.05, 4.69) is 185 Å². The van der Waals surface area contributed by atoms with Crippen molar-refractivity contribution in [3.63, 3.8) is 0 Å². The summed E-state index contributed by atoms with van der Waals surface area (Å²) in [6.45, 7) is 9.26. The molecule has 6 aromatic carbocycles. The van der Waals surface area contributed by atoms with Gasteiger partial charge in [0.25, 0.3) is 0 Å². The zero-order valence-electron chi connectivity index (χ0n) is 31.5. The average Bonchev–Trinajstić information content (AvgIpc) is 3.74. The Hall–Kier alpha value is -5.50. The standard InChI is InChI=1S/C53H44S/c1-34-14-5-6-16-40(34)42-20-12-19-41(36(42)3)37-26-28-38(29-27-37)53(46-22-9-7-18-45(46)50-35(2)15-11-23-47(50)53)39-30-32-52(4,33-31-39)48-24-13-21-44-43-17-8-10-25-49(43)54-51(44)48/h5,7-15,17-32H,6,16,33H2,1-4H3. The summed E-state index contributed by atoms with van der Waals surface area (Å²) in [7, 11) is 0. The molecule has 0 N–H and O–H groups in total. The molecular weight excluding hydrogens is 669 g/mol. The Kier molecular flexibility index (Phi) is 7.69. The normalized spacial score (nSPS) is 20.4. The molecule has 0 aliphatic heterocycles. The molecule has 0 amide bonds. The Labute approximate surface area is 323 Å². The van der Waals surface area contributed by atoms with Gasteiger partial charge >= 0.3 is 0 Å². The molecule has 0 bridgehead atoms. The van der Waals surface area contributed by atoms with Gasteiger partial charge in [-0.05, 0) is 124 Å². The Morgan fingerprint density at radius 3 is 2.15 bits per heavy atom. The Balaban J connectivity index is 1.12. The van der Waals surface area contributed by atoms with Gasteiger partial charge in [-0.1, -0.05) is 159 Å². The fraction of sp³-hybridized carbons (Fsp3) is 0.170. The van der Waals surface area contributed by atoms with Crippen molar-refractivity contribution in [3.05, 3.63) is 208 Å². The van der Waals surface area contributed by atoms with E-state index in [0.717, 1.165) is 19.3 Å². The van der Waals surface area contributed by atoms with E-state index in [1.54, 1.807) is 0 Å². The first kappa shape index (κ1) is 33.1. The number of benzene rings is 6. The molecule has 0 spiro atoms. The quantitative estimate of drug-likeness (QED) is 0.167. The van der Waals surface area contributed by atoms with E-state index in [-0.39, 0.29) is 5.41 Å². The van der Waals surface area contributed by atoms with Crippen LogP contribution in [0.2, 0.25) is 0 Å². The number of thiophene rings is 1. The molecule has 7 aromatic rings. The monoisotopic (exact) mass is 712 g/mol. The van der Waals surface area contributed by atoms with Crippen LogP contribution >= 0.6 is 11.3 Å². The van der Waals surface area contributed by atoms with Crippen LogP contribution in [-0.2, 0) is 10.8 Å². The van der Waals surface area contributed by atoms with Gasteiger partial charge in [0.15, 0.2) is 0 Å².